The number of carbonyl (C=O) groups is 4. The first-order valence-corrected chi connectivity index (χ1v) is 9.61. The van der Waals surface area contributed by atoms with Crippen molar-refractivity contribution in [2.45, 2.75) is 53.4 Å². The van der Waals surface area contributed by atoms with Crippen molar-refractivity contribution in [3.8, 4) is 0 Å². The summed E-state index contributed by atoms with van der Waals surface area (Å²) < 4.78 is 0. The van der Waals surface area contributed by atoms with Crippen LogP contribution in [0.1, 0.15) is 61.1 Å². The molecular formula is C22H26O8. The van der Waals surface area contributed by atoms with Crippen molar-refractivity contribution in [1.29, 1.82) is 0 Å². The van der Waals surface area contributed by atoms with E-state index >= 15 is 0 Å². The molecule has 0 saturated heterocycles. The second-order valence-electron chi connectivity index (χ2n) is 6.49. The lowest BCUT2D eigenvalue weighted by Gasteiger charge is -2.23. The number of carboxylic acid groups (broad SMARTS) is 4. The van der Waals surface area contributed by atoms with E-state index < -0.39 is 35.0 Å². The van der Waals surface area contributed by atoms with Crippen molar-refractivity contribution in [1.82, 2.24) is 0 Å². The Labute approximate surface area is 174 Å². The maximum atomic E-state index is 11.4. The molecule has 1 aromatic rings. The zero-order valence-electron chi connectivity index (χ0n) is 17.4. The lowest BCUT2D eigenvalue weighted by Crippen LogP contribution is -2.15. The van der Waals surface area contributed by atoms with Crippen molar-refractivity contribution in [2.75, 3.05) is 0 Å². The monoisotopic (exact) mass is 418 g/mol. The molecule has 8 nitrogen and oxygen atoms in total. The van der Waals surface area contributed by atoms with E-state index in [1.54, 1.807) is 0 Å². The van der Waals surface area contributed by atoms with Crippen molar-refractivity contribution in [3.05, 3.63) is 44.5 Å². The van der Waals surface area contributed by atoms with Crippen LogP contribution in [0.15, 0.2) is 11.1 Å². The molecule has 0 aliphatic heterocycles. The number of carboxylic acids is 4. The molecule has 0 aromatic heterocycles. The highest BCUT2D eigenvalue weighted by atomic mass is 16.4. The molecule has 0 aliphatic rings. The first kappa shape index (κ1) is 24.6. The highest BCUT2D eigenvalue weighted by Gasteiger charge is 2.24. The van der Waals surface area contributed by atoms with Crippen LogP contribution in [0.4, 0.5) is 0 Å². The molecule has 0 amide bonds. The van der Waals surface area contributed by atoms with E-state index in [4.69, 9.17) is 0 Å². The van der Waals surface area contributed by atoms with Crippen LogP contribution in [0.5, 0.6) is 0 Å². The van der Waals surface area contributed by atoms with Gasteiger partial charge in [-0.1, -0.05) is 27.7 Å². The van der Waals surface area contributed by atoms with Gasteiger partial charge in [-0.25, -0.2) is 19.2 Å². The van der Waals surface area contributed by atoms with Crippen LogP contribution in [0.3, 0.4) is 0 Å². The minimum absolute atomic E-state index is 0.425. The summed E-state index contributed by atoms with van der Waals surface area (Å²) in [6.45, 7) is 7.28. The lowest BCUT2D eigenvalue weighted by molar-refractivity contribution is -0.142. The summed E-state index contributed by atoms with van der Waals surface area (Å²) in [5, 5.41) is 37.2. The predicted molar refractivity (Wildman–Crippen MR) is 110 cm³/mol. The molecule has 0 aliphatic carbocycles. The van der Waals surface area contributed by atoms with Crippen LogP contribution in [0, 0.1) is 0 Å². The van der Waals surface area contributed by atoms with Gasteiger partial charge in [0.05, 0.1) is 0 Å². The Balaban J connectivity index is 4.22. The van der Waals surface area contributed by atoms with Crippen LogP contribution < -0.4 is 0 Å². The molecule has 0 unspecified atom stereocenters. The van der Waals surface area contributed by atoms with E-state index in [-0.39, 0.29) is 0 Å². The fraction of sp³-hybridized carbons (Fsp3) is 0.364. The minimum Gasteiger partial charge on any atom is -0.477 e. The number of benzene rings is 1. The largest absolute Gasteiger partial charge is 0.477 e. The predicted octanol–water partition coefficient (Wildman–Crippen LogP) is 3.04. The molecule has 0 atom stereocenters. The van der Waals surface area contributed by atoms with Gasteiger partial charge in [0.2, 0.25) is 0 Å². The Morgan fingerprint density at radius 1 is 0.533 bits per heavy atom. The molecule has 0 heterocycles. The molecule has 0 radical (unpaired) electrons. The average Bonchev–Trinajstić information content (AvgIpc) is 2.67. The topological polar surface area (TPSA) is 149 Å². The maximum Gasteiger partial charge on any atom is 0.343 e. The molecule has 0 fully saturated rings. The van der Waals surface area contributed by atoms with Crippen LogP contribution in [-0.4, -0.2) is 44.3 Å². The van der Waals surface area contributed by atoms with E-state index in [1.807, 2.05) is 27.7 Å². The Hall–Kier alpha value is -3.42. The quantitative estimate of drug-likeness (QED) is 0.257. The zero-order chi connectivity index (χ0) is 23.2. The van der Waals surface area contributed by atoms with Crippen LogP contribution in [-0.2, 0) is 44.9 Å². The van der Waals surface area contributed by atoms with Crippen molar-refractivity contribution >= 4 is 36.0 Å². The van der Waals surface area contributed by atoms with Crippen LogP contribution in [0.2, 0.25) is 0 Å². The molecule has 30 heavy (non-hydrogen) atoms. The van der Waals surface area contributed by atoms with Crippen LogP contribution in [0.25, 0.3) is 12.2 Å². The summed E-state index contributed by atoms with van der Waals surface area (Å²) in [5.74, 6) is -6.26. The molecule has 1 aromatic carbocycles. The van der Waals surface area contributed by atoms with E-state index in [0.717, 1.165) is 12.2 Å². The van der Waals surface area contributed by atoms with Gasteiger partial charge in [-0.3, -0.25) is 0 Å². The molecule has 8 heteroatoms. The van der Waals surface area contributed by atoms with Gasteiger partial charge in [0.25, 0.3) is 0 Å². The Bertz CT molecular complexity index is 808. The fourth-order valence-electron chi connectivity index (χ4n) is 3.70. The first-order chi connectivity index (χ1) is 14.0. The average molecular weight is 418 g/mol. The van der Waals surface area contributed by atoms with E-state index in [0.29, 0.717) is 59.1 Å². The molecule has 4 N–H and O–H groups in total. The molecular weight excluding hydrogens is 392 g/mol. The van der Waals surface area contributed by atoms with Gasteiger partial charge in [0, 0.05) is 0 Å². The van der Waals surface area contributed by atoms with E-state index in [1.165, 1.54) is 0 Å². The highest BCUT2D eigenvalue weighted by Crippen LogP contribution is 2.34. The molecule has 0 spiro atoms. The minimum atomic E-state index is -1.56. The Morgan fingerprint density at radius 3 is 0.867 bits per heavy atom. The van der Waals surface area contributed by atoms with Crippen molar-refractivity contribution < 1.29 is 39.6 Å². The molecule has 1 rings (SSSR count). The summed E-state index contributed by atoms with van der Waals surface area (Å²) in [7, 11) is 0. The van der Waals surface area contributed by atoms with Crippen LogP contribution >= 0.6 is 0 Å². The number of aliphatic carboxylic acids is 4. The van der Waals surface area contributed by atoms with Gasteiger partial charge in [-0.2, -0.15) is 0 Å². The third-order valence-corrected chi connectivity index (χ3v) is 4.94. The zero-order valence-corrected chi connectivity index (χ0v) is 17.4. The van der Waals surface area contributed by atoms with Gasteiger partial charge in [-0.05, 0) is 71.2 Å². The van der Waals surface area contributed by atoms with E-state index in [9.17, 15) is 39.6 Å². The summed E-state index contributed by atoms with van der Waals surface area (Å²) in [6.07, 6.45) is 3.99. The van der Waals surface area contributed by atoms with Crippen molar-refractivity contribution in [2.24, 2.45) is 0 Å². The lowest BCUT2D eigenvalue weighted by atomic mass is 9.81. The molecule has 0 saturated carbocycles. The van der Waals surface area contributed by atoms with Gasteiger partial charge < -0.3 is 20.4 Å². The number of rotatable bonds is 10. The highest BCUT2D eigenvalue weighted by molar-refractivity contribution is 6.17. The SMILES string of the molecule is CCc1c(C=C(C(=O)O)C(=O)O)c(CC)c(CC)c(C=C(C(=O)O)C(=O)O)c1CC. The van der Waals surface area contributed by atoms with Gasteiger partial charge in [0.1, 0.15) is 11.1 Å². The second-order valence-corrected chi connectivity index (χ2v) is 6.49. The second kappa shape index (κ2) is 10.4. The van der Waals surface area contributed by atoms with E-state index in [2.05, 4.69) is 0 Å². The number of hydrogen-bond acceptors (Lipinski definition) is 4. The summed E-state index contributed by atoms with van der Waals surface area (Å²) in [5.41, 5.74) is 2.12. The van der Waals surface area contributed by atoms with Crippen molar-refractivity contribution in [3.63, 3.8) is 0 Å². The summed E-state index contributed by atoms with van der Waals surface area (Å²) >= 11 is 0. The van der Waals surface area contributed by atoms with Gasteiger partial charge in [0.15, 0.2) is 0 Å². The summed E-state index contributed by atoms with van der Waals surface area (Å²) in [4.78, 5) is 45.7. The third-order valence-electron chi connectivity index (χ3n) is 4.94. The molecule has 0 bridgehead atoms. The summed E-state index contributed by atoms with van der Waals surface area (Å²) in [6, 6.07) is 0. The maximum absolute atomic E-state index is 11.4. The standard InChI is InChI=1S/C22H26O8/c1-5-11-12(6-2)16(10-18(21(27)28)22(29)30)14(8-4)13(7-3)15(11)9-17(19(23)24)20(25)26/h9-10H,5-8H2,1-4H3,(H,23,24)(H,25,26)(H,27,28)(H,29,30). The third kappa shape index (κ3) is 4.94. The number of hydrogen-bond donors (Lipinski definition) is 4. The van der Waals surface area contributed by atoms with Gasteiger partial charge in [-0.15, -0.1) is 0 Å². The normalized spacial score (nSPS) is 10.3. The smallest absolute Gasteiger partial charge is 0.343 e. The Kier molecular flexibility index (Phi) is 8.52. The first-order valence-electron chi connectivity index (χ1n) is 9.61. The Morgan fingerprint density at radius 2 is 0.733 bits per heavy atom. The molecule has 162 valence electrons. The van der Waals surface area contributed by atoms with Gasteiger partial charge >= 0.3 is 23.9 Å². The fourth-order valence-corrected chi connectivity index (χ4v) is 3.70.